The van der Waals surface area contributed by atoms with E-state index in [1.165, 1.54) is 12.1 Å². The summed E-state index contributed by atoms with van der Waals surface area (Å²) in [5.41, 5.74) is 0.273. The van der Waals surface area contributed by atoms with E-state index < -0.39 is 23.4 Å². The second-order valence-corrected chi connectivity index (χ2v) is 9.46. The van der Waals surface area contributed by atoms with Crippen molar-refractivity contribution in [2.45, 2.75) is 37.9 Å². The second-order valence-electron chi connectivity index (χ2n) is 9.46. The van der Waals surface area contributed by atoms with Crippen LogP contribution in [0.4, 0.5) is 4.39 Å². The molecule has 0 radical (unpaired) electrons. The molecule has 0 bridgehead atoms. The van der Waals surface area contributed by atoms with E-state index in [2.05, 4.69) is 0 Å². The summed E-state index contributed by atoms with van der Waals surface area (Å²) in [6.07, 6.45) is -0.478. The lowest BCUT2D eigenvalue weighted by Gasteiger charge is -2.45. The monoisotopic (exact) mass is 470 g/mol. The van der Waals surface area contributed by atoms with E-state index in [-0.39, 0.29) is 36.8 Å². The molecular weight excluding hydrogens is 439 g/mol. The number of para-hydroxylation sites is 1. The van der Waals surface area contributed by atoms with Gasteiger partial charge in [0.15, 0.2) is 6.61 Å². The molecule has 0 saturated carbocycles. The highest BCUT2D eigenvalue weighted by molar-refractivity contribution is 5.94. The van der Waals surface area contributed by atoms with Crippen molar-refractivity contribution in [1.82, 2.24) is 9.80 Å². The summed E-state index contributed by atoms with van der Waals surface area (Å²) in [7, 11) is 1.70. The minimum atomic E-state index is -1.01. The van der Waals surface area contributed by atoms with Crippen molar-refractivity contribution >= 4 is 11.8 Å². The normalized spacial score (nSPS) is 23.5. The Balaban J connectivity index is 1.53. The molecule has 34 heavy (non-hydrogen) atoms. The molecular formula is C26H31FN2O5. The third-order valence-electron chi connectivity index (χ3n) is 7.05. The summed E-state index contributed by atoms with van der Waals surface area (Å²) in [6, 6.07) is 13.1. The fraction of sp³-hybridized carbons (Fsp3) is 0.462. The maximum absolute atomic E-state index is 14.1. The van der Waals surface area contributed by atoms with Crippen LogP contribution in [0.5, 0.6) is 5.75 Å². The van der Waals surface area contributed by atoms with Gasteiger partial charge in [0, 0.05) is 33.1 Å². The van der Waals surface area contributed by atoms with Crippen LogP contribution in [0.3, 0.4) is 0 Å². The van der Waals surface area contributed by atoms with Gasteiger partial charge in [0.1, 0.15) is 11.6 Å². The Bertz CT molecular complexity index is 1040. The summed E-state index contributed by atoms with van der Waals surface area (Å²) in [5, 5.41) is 21.7. The lowest BCUT2D eigenvalue weighted by atomic mass is 9.72. The molecule has 0 unspecified atom stereocenters. The van der Waals surface area contributed by atoms with E-state index in [0.717, 1.165) is 5.56 Å². The minimum Gasteiger partial charge on any atom is -0.483 e. The van der Waals surface area contributed by atoms with Crippen LogP contribution in [0.1, 0.15) is 35.2 Å². The van der Waals surface area contributed by atoms with Crippen LogP contribution in [-0.4, -0.2) is 77.3 Å². The molecule has 2 aliphatic rings. The summed E-state index contributed by atoms with van der Waals surface area (Å²) >= 11 is 0. The largest absolute Gasteiger partial charge is 0.483 e. The molecule has 2 N–H and O–H groups in total. The molecule has 0 aromatic heterocycles. The quantitative estimate of drug-likeness (QED) is 0.667. The Morgan fingerprint density at radius 1 is 1.06 bits per heavy atom. The molecule has 2 amide bonds. The molecule has 2 aromatic carbocycles. The van der Waals surface area contributed by atoms with E-state index >= 15 is 0 Å². The number of likely N-dealkylation sites (tertiary alicyclic amines) is 1. The number of hydrogen-bond donors (Lipinski definition) is 2. The Morgan fingerprint density at radius 3 is 2.47 bits per heavy atom. The standard InChI is InChI=1S/C26H31FN2O5/c1-28-17-26(10-12-29(13-11-26)25(33)19-7-3-4-8-20(19)27)15-22(31)21(30)14-18-6-2-5-9-23(18)34-16-24(28)32/h2-9,21-22,30-31H,10-17H2,1H3/t21-,22+/m0/s1. The lowest BCUT2D eigenvalue weighted by Crippen LogP contribution is -2.51. The summed E-state index contributed by atoms with van der Waals surface area (Å²) in [4.78, 5) is 28.9. The number of piperidine rings is 1. The molecule has 2 aromatic rings. The number of halogens is 1. The van der Waals surface area contributed by atoms with Crippen molar-refractivity contribution in [1.29, 1.82) is 0 Å². The number of ether oxygens (including phenoxy) is 1. The van der Waals surface area contributed by atoms with Gasteiger partial charge in [-0.3, -0.25) is 9.59 Å². The number of aliphatic hydroxyl groups is 2. The first kappa shape index (κ1) is 24.2. The highest BCUT2D eigenvalue weighted by Crippen LogP contribution is 2.39. The van der Waals surface area contributed by atoms with Gasteiger partial charge in [0.25, 0.3) is 11.8 Å². The maximum Gasteiger partial charge on any atom is 0.260 e. The van der Waals surface area contributed by atoms with Gasteiger partial charge in [0.2, 0.25) is 0 Å². The maximum atomic E-state index is 14.1. The predicted octanol–water partition coefficient (Wildman–Crippen LogP) is 2.25. The topological polar surface area (TPSA) is 90.3 Å². The van der Waals surface area contributed by atoms with Crippen molar-refractivity contribution in [3.8, 4) is 5.75 Å². The molecule has 2 atom stereocenters. The number of benzene rings is 2. The smallest absolute Gasteiger partial charge is 0.260 e. The van der Waals surface area contributed by atoms with E-state index in [1.54, 1.807) is 41.1 Å². The first-order valence-corrected chi connectivity index (χ1v) is 11.6. The van der Waals surface area contributed by atoms with Crippen molar-refractivity contribution < 1.29 is 28.9 Å². The number of amides is 2. The molecule has 4 rings (SSSR count). The van der Waals surface area contributed by atoms with Crippen molar-refractivity contribution in [2.75, 3.05) is 33.3 Å². The average Bonchev–Trinajstić information content (AvgIpc) is 2.83. The van der Waals surface area contributed by atoms with E-state index in [1.807, 2.05) is 12.1 Å². The fourth-order valence-corrected chi connectivity index (χ4v) is 5.01. The van der Waals surface area contributed by atoms with Crippen LogP contribution < -0.4 is 4.74 Å². The minimum absolute atomic E-state index is 0.0377. The molecule has 1 fully saturated rings. The Kier molecular flexibility index (Phi) is 7.19. The number of hydrogen-bond acceptors (Lipinski definition) is 5. The van der Waals surface area contributed by atoms with Gasteiger partial charge in [-0.15, -0.1) is 0 Å². The Morgan fingerprint density at radius 2 is 1.74 bits per heavy atom. The number of nitrogens with zero attached hydrogens (tertiary/aromatic N) is 2. The number of likely N-dealkylation sites (N-methyl/N-ethyl adjacent to an activating group) is 1. The Labute approximate surface area is 198 Å². The number of aliphatic hydroxyl groups excluding tert-OH is 2. The molecule has 8 heteroatoms. The average molecular weight is 471 g/mol. The van der Waals surface area contributed by atoms with Crippen LogP contribution in [0, 0.1) is 11.2 Å². The van der Waals surface area contributed by atoms with Gasteiger partial charge in [-0.05, 0) is 48.4 Å². The zero-order valence-electron chi connectivity index (χ0n) is 19.3. The first-order chi connectivity index (χ1) is 16.3. The molecule has 182 valence electrons. The van der Waals surface area contributed by atoms with Gasteiger partial charge < -0.3 is 24.7 Å². The molecule has 1 spiro atoms. The highest BCUT2D eigenvalue weighted by Gasteiger charge is 2.41. The van der Waals surface area contributed by atoms with Gasteiger partial charge in [-0.1, -0.05) is 30.3 Å². The van der Waals surface area contributed by atoms with Gasteiger partial charge in [0.05, 0.1) is 17.8 Å². The number of carbonyl (C=O) groups excluding carboxylic acids is 2. The highest BCUT2D eigenvalue weighted by atomic mass is 19.1. The van der Waals surface area contributed by atoms with Crippen LogP contribution in [0.25, 0.3) is 0 Å². The summed E-state index contributed by atoms with van der Waals surface area (Å²) in [6.45, 7) is 0.983. The number of rotatable bonds is 1. The number of fused-ring (bicyclic) bond motifs is 1. The van der Waals surface area contributed by atoms with E-state index in [9.17, 15) is 24.2 Å². The third kappa shape index (κ3) is 5.23. The van der Waals surface area contributed by atoms with Crippen molar-refractivity contribution in [3.63, 3.8) is 0 Å². The molecule has 2 heterocycles. The third-order valence-corrected chi connectivity index (χ3v) is 7.05. The zero-order valence-corrected chi connectivity index (χ0v) is 19.3. The van der Waals surface area contributed by atoms with Gasteiger partial charge in [-0.2, -0.15) is 0 Å². The van der Waals surface area contributed by atoms with Gasteiger partial charge >= 0.3 is 0 Å². The van der Waals surface area contributed by atoms with E-state index in [0.29, 0.717) is 38.2 Å². The predicted molar refractivity (Wildman–Crippen MR) is 124 cm³/mol. The summed E-state index contributed by atoms with van der Waals surface area (Å²) < 4.78 is 19.9. The van der Waals surface area contributed by atoms with Crippen LogP contribution >= 0.6 is 0 Å². The number of carbonyl (C=O) groups is 2. The van der Waals surface area contributed by atoms with Crippen LogP contribution in [0.15, 0.2) is 48.5 Å². The zero-order chi connectivity index (χ0) is 24.3. The SMILES string of the molecule is CN1CC2(CCN(C(=O)c3ccccc3F)CC2)C[C@@H](O)[C@@H](O)Cc2ccccc2OCC1=O. The molecule has 0 aliphatic carbocycles. The fourth-order valence-electron chi connectivity index (χ4n) is 5.01. The second kappa shape index (κ2) is 10.1. The summed E-state index contributed by atoms with van der Waals surface area (Å²) in [5.74, 6) is -0.584. The molecule has 1 saturated heterocycles. The van der Waals surface area contributed by atoms with Crippen molar-refractivity contribution in [3.05, 3.63) is 65.5 Å². The van der Waals surface area contributed by atoms with Crippen LogP contribution in [0.2, 0.25) is 0 Å². The first-order valence-electron chi connectivity index (χ1n) is 11.6. The van der Waals surface area contributed by atoms with Gasteiger partial charge in [-0.25, -0.2) is 4.39 Å². The van der Waals surface area contributed by atoms with Crippen molar-refractivity contribution in [2.24, 2.45) is 5.41 Å². The lowest BCUT2D eigenvalue weighted by molar-refractivity contribution is -0.135. The molecule has 2 aliphatic heterocycles. The van der Waals surface area contributed by atoms with E-state index in [4.69, 9.17) is 4.74 Å². The molecule has 7 nitrogen and oxygen atoms in total. The van der Waals surface area contributed by atoms with Crippen LogP contribution in [-0.2, 0) is 11.2 Å². The Hall–Kier alpha value is -2.97.